The summed E-state index contributed by atoms with van der Waals surface area (Å²) < 4.78 is 13.0. The molecule has 1 aliphatic heterocycles. The van der Waals surface area contributed by atoms with E-state index in [9.17, 15) is 9.18 Å². The quantitative estimate of drug-likeness (QED) is 0.860. The number of hydrogen-bond acceptors (Lipinski definition) is 3. The zero-order chi connectivity index (χ0) is 14.4. The molecule has 1 aromatic rings. The van der Waals surface area contributed by atoms with Gasteiger partial charge in [0.05, 0.1) is 6.54 Å². The van der Waals surface area contributed by atoms with E-state index in [1.54, 1.807) is 0 Å². The Bertz CT molecular complexity index is 427. The molecule has 2 rings (SSSR count). The highest BCUT2D eigenvalue weighted by Gasteiger charge is 2.19. The predicted octanol–water partition coefficient (Wildman–Crippen LogP) is 1.56. The Balaban J connectivity index is 1.79. The van der Waals surface area contributed by atoms with Crippen LogP contribution in [-0.4, -0.2) is 43.2 Å². The van der Waals surface area contributed by atoms with Crippen LogP contribution in [0.25, 0.3) is 0 Å². The molecule has 0 saturated carbocycles. The lowest BCUT2D eigenvalue weighted by atomic mass is 10.1. The van der Waals surface area contributed by atoms with E-state index in [0.29, 0.717) is 39.0 Å². The summed E-state index contributed by atoms with van der Waals surface area (Å²) in [6.07, 6.45) is 1.19. The van der Waals surface area contributed by atoms with Crippen molar-refractivity contribution < 1.29 is 9.18 Å². The van der Waals surface area contributed by atoms with Crippen LogP contribution in [0.4, 0.5) is 10.1 Å². The number of nitrogens with zero attached hydrogens (tertiary/aromatic N) is 1. The highest BCUT2D eigenvalue weighted by atomic mass is 19.1. The Labute approximate surface area is 119 Å². The zero-order valence-electron chi connectivity index (χ0n) is 11.6. The molecule has 110 valence electrons. The molecule has 1 saturated heterocycles. The first-order valence-corrected chi connectivity index (χ1v) is 7.12. The number of likely N-dealkylation sites (tertiary alicyclic amines) is 1. The Morgan fingerprint density at radius 2 is 1.95 bits per heavy atom. The van der Waals surface area contributed by atoms with Crippen LogP contribution in [-0.2, 0) is 11.2 Å². The number of hydrogen-bond donors (Lipinski definition) is 2. The molecule has 1 aliphatic rings. The van der Waals surface area contributed by atoms with E-state index in [0.717, 1.165) is 17.7 Å². The zero-order valence-corrected chi connectivity index (χ0v) is 11.6. The number of alkyl halides is 1. The summed E-state index contributed by atoms with van der Waals surface area (Å²) in [5.74, 6) is -0.0473. The van der Waals surface area contributed by atoms with Crippen molar-refractivity contribution in [2.45, 2.75) is 25.4 Å². The van der Waals surface area contributed by atoms with Crippen molar-refractivity contribution >= 4 is 11.6 Å². The molecule has 1 heterocycles. The van der Waals surface area contributed by atoms with Gasteiger partial charge in [0, 0.05) is 18.8 Å². The third kappa shape index (κ3) is 4.58. The number of benzene rings is 1. The Kier molecular flexibility index (Phi) is 5.49. The number of nitrogens with one attached hydrogen (secondary N) is 1. The average molecular weight is 279 g/mol. The summed E-state index contributed by atoms with van der Waals surface area (Å²) in [6, 6.07) is 7.71. The smallest absolute Gasteiger partial charge is 0.238 e. The maximum atomic E-state index is 13.0. The van der Waals surface area contributed by atoms with Gasteiger partial charge in [0.1, 0.15) is 6.17 Å². The van der Waals surface area contributed by atoms with Gasteiger partial charge in [-0.1, -0.05) is 12.1 Å². The Hall–Kier alpha value is -1.46. The summed E-state index contributed by atoms with van der Waals surface area (Å²) in [5, 5.41) is 2.86. The molecule has 1 amide bonds. The molecule has 5 heteroatoms. The standard InChI is InChI=1S/C15H22FN3O/c16-13-6-9-19(10-7-13)11-15(20)18-14-3-1-12(2-4-14)5-8-17/h1-4,13H,5-11,17H2,(H,18,20). The Morgan fingerprint density at radius 1 is 1.30 bits per heavy atom. The van der Waals surface area contributed by atoms with Gasteiger partial charge >= 0.3 is 0 Å². The first kappa shape index (κ1) is 14.9. The van der Waals surface area contributed by atoms with Gasteiger partial charge in [-0.15, -0.1) is 0 Å². The van der Waals surface area contributed by atoms with Gasteiger partial charge in [-0.3, -0.25) is 9.69 Å². The van der Waals surface area contributed by atoms with E-state index in [2.05, 4.69) is 5.32 Å². The van der Waals surface area contributed by atoms with Crippen LogP contribution >= 0.6 is 0 Å². The summed E-state index contributed by atoms with van der Waals surface area (Å²) in [4.78, 5) is 13.9. The van der Waals surface area contributed by atoms with Crippen LogP contribution in [0.3, 0.4) is 0 Å². The maximum absolute atomic E-state index is 13.0. The van der Waals surface area contributed by atoms with E-state index >= 15 is 0 Å². The van der Waals surface area contributed by atoms with Crippen LogP contribution in [0.2, 0.25) is 0 Å². The molecule has 3 N–H and O–H groups in total. The normalized spacial score (nSPS) is 17.1. The summed E-state index contributed by atoms with van der Waals surface area (Å²) >= 11 is 0. The monoisotopic (exact) mass is 279 g/mol. The van der Waals surface area contributed by atoms with Gasteiger partial charge in [-0.05, 0) is 43.5 Å². The number of amides is 1. The minimum Gasteiger partial charge on any atom is -0.330 e. The molecule has 1 aromatic carbocycles. The molecule has 0 spiro atoms. The van der Waals surface area contributed by atoms with Gasteiger partial charge < -0.3 is 11.1 Å². The SMILES string of the molecule is NCCc1ccc(NC(=O)CN2CCC(F)CC2)cc1. The van der Waals surface area contributed by atoms with Crippen molar-refractivity contribution in [3.63, 3.8) is 0 Å². The number of piperidine rings is 1. The minimum atomic E-state index is -0.704. The van der Waals surface area contributed by atoms with Gasteiger partial charge in [-0.25, -0.2) is 4.39 Å². The van der Waals surface area contributed by atoms with Gasteiger partial charge in [0.2, 0.25) is 5.91 Å². The fourth-order valence-corrected chi connectivity index (χ4v) is 2.38. The fourth-order valence-electron chi connectivity index (χ4n) is 2.38. The minimum absolute atomic E-state index is 0.0473. The number of carbonyl (C=O) groups excluding carboxylic acids is 1. The van der Waals surface area contributed by atoms with Gasteiger partial charge in [-0.2, -0.15) is 0 Å². The first-order chi connectivity index (χ1) is 9.67. The van der Waals surface area contributed by atoms with Crippen LogP contribution in [0, 0.1) is 0 Å². The second kappa shape index (κ2) is 7.36. The average Bonchev–Trinajstić information content (AvgIpc) is 2.44. The van der Waals surface area contributed by atoms with Crippen molar-refractivity contribution in [2.24, 2.45) is 5.73 Å². The molecule has 0 aromatic heterocycles. The van der Waals surface area contributed by atoms with E-state index in [4.69, 9.17) is 5.73 Å². The molecule has 0 aliphatic carbocycles. The summed E-state index contributed by atoms with van der Waals surface area (Å²) in [5.41, 5.74) is 7.44. The summed E-state index contributed by atoms with van der Waals surface area (Å²) in [6.45, 7) is 2.27. The largest absolute Gasteiger partial charge is 0.330 e. The molecular formula is C15H22FN3O. The third-order valence-electron chi connectivity index (χ3n) is 3.56. The maximum Gasteiger partial charge on any atom is 0.238 e. The second-order valence-corrected chi connectivity index (χ2v) is 5.23. The highest BCUT2D eigenvalue weighted by molar-refractivity contribution is 5.92. The first-order valence-electron chi connectivity index (χ1n) is 7.12. The molecule has 0 bridgehead atoms. The van der Waals surface area contributed by atoms with Crippen LogP contribution in [0.5, 0.6) is 0 Å². The third-order valence-corrected chi connectivity index (χ3v) is 3.56. The van der Waals surface area contributed by atoms with Crippen LogP contribution in [0.15, 0.2) is 24.3 Å². The number of halogens is 1. The summed E-state index contributed by atoms with van der Waals surface area (Å²) in [7, 11) is 0. The van der Waals surface area contributed by atoms with E-state index in [1.165, 1.54) is 0 Å². The number of carbonyl (C=O) groups is 1. The lowest BCUT2D eigenvalue weighted by Crippen LogP contribution is -2.39. The topological polar surface area (TPSA) is 58.4 Å². The number of nitrogens with two attached hydrogens (primary N) is 1. The number of rotatable bonds is 5. The fraction of sp³-hybridized carbons (Fsp3) is 0.533. The highest BCUT2D eigenvalue weighted by Crippen LogP contribution is 2.14. The predicted molar refractivity (Wildman–Crippen MR) is 78.4 cm³/mol. The Morgan fingerprint density at radius 3 is 2.55 bits per heavy atom. The second-order valence-electron chi connectivity index (χ2n) is 5.23. The molecular weight excluding hydrogens is 257 g/mol. The molecule has 1 fully saturated rings. The van der Waals surface area contributed by atoms with Crippen molar-refractivity contribution in [3.8, 4) is 0 Å². The van der Waals surface area contributed by atoms with Crippen molar-refractivity contribution in [3.05, 3.63) is 29.8 Å². The van der Waals surface area contributed by atoms with Crippen molar-refractivity contribution in [1.29, 1.82) is 0 Å². The van der Waals surface area contributed by atoms with E-state index in [-0.39, 0.29) is 5.91 Å². The molecule has 20 heavy (non-hydrogen) atoms. The lowest BCUT2D eigenvalue weighted by Gasteiger charge is -2.27. The van der Waals surface area contributed by atoms with Crippen LogP contribution in [0.1, 0.15) is 18.4 Å². The van der Waals surface area contributed by atoms with Crippen molar-refractivity contribution in [1.82, 2.24) is 4.90 Å². The molecule has 4 nitrogen and oxygen atoms in total. The molecule has 0 radical (unpaired) electrons. The van der Waals surface area contributed by atoms with Gasteiger partial charge in [0.25, 0.3) is 0 Å². The van der Waals surface area contributed by atoms with Crippen molar-refractivity contribution in [2.75, 3.05) is 31.5 Å². The number of anilines is 1. The molecule has 0 unspecified atom stereocenters. The lowest BCUT2D eigenvalue weighted by molar-refractivity contribution is -0.117. The molecule has 0 atom stereocenters. The van der Waals surface area contributed by atoms with Crippen LogP contribution < -0.4 is 11.1 Å². The van der Waals surface area contributed by atoms with E-state index in [1.807, 2.05) is 29.2 Å². The van der Waals surface area contributed by atoms with Gasteiger partial charge in [0.15, 0.2) is 0 Å². The van der Waals surface area contributed by atoms with E-state index < -0.39 is 6.17 Å².